The van der Waals surface area contributed by atoms with Crippen LogP contribution in [0, 0.1) is 0 Å². The minimum atomic E-state index is 1.08. The zero-order valence-corrected chi connectivity index (χ0v) is 10.5. The molecule has 0 aliphatic rings. The minimum Gasteiger partial charge on any atom is -0.377 e. The predicted molar refractivity (Wildman–Crippen MR) is 73.1 cm³/mol. The molecule has 88 valence electrons. The maximum atomic E-state index is 4.02. The molecular formula is C14H17N3. The SMILES string of the molecule is C=C(C)c1ccc(-c2cn[nH]c2)cc1N(C)C. The number of aromatic amines is 1. The first-order valence-corrected chi connectivity index (χ1v) is 5.56. The van der Waals surface area contributed by atoms with Crippen molar-refractivity contribution >= 4 is 11.3 Å². The van der Waals surface area contributed by atoms with Crippen LogP contribution < -0.4 is 4.90 Å². The lowest BCUT2D eigenvalue weighted by Gasteiger charge is -2.18. The van der Waals surface area contributed by atoms with Crippen molar-refractivity contribution in [1.29, 1.82) is 0 Å². The van der Waals surface area contributed by atoms with Crippen molar-refractivity contribution in [2.24, 2.45) is 0 Å². The van der Waals surface area contributed by atoms with Crippen LogP contribution in [-0.2, 0) is 0 Å². The maximum Gasteiger partial charge on any atom is 0.0565 e. The van der Waals surface area contributed by atoms with E-state index in [1.807, 2.05) is 33.4 Å². The first-order chi connectivity index (χ1) is 8.09. The molecule has 0 saturated carbocycles. The highest BCUT2D eigenvalue weighted by molar-refractivity contribution is 5.79. The fourth-order valence-corrected chi connectivity index (χ4v) is 1.85. The third-order valence-corrected chi connectivity index (χ3v) is 2.77. The molecule has 17 heavy (non-hydrogen) atoms. The van der Waals surface area contributed by atoms with Crippen molar-refractivity contribution in [1.82, 2.24) is 10.2 Å². The third-order valence-electron chi connectivity index (χ3n) is 2.77. The first-order valence-electron chi connectivity index (χ1n) is 5.56. The maximum absolute atomic E-state index is 4.02. The van der Waals surface area contributed by atoms with Gasteiger partial charge in [-0.1, -0.05) is 18.7 Å². The van der Waals surface area contributed by atoms with Crippen molar-refractivity contribution in [3.05, 3.63) is 42.7 Å². The van der Waals surface area contributed by atoms with Gasteiger partial charge in [0.1, 0.15) is 0 Å². The second kappa shape index (κ2) is 4.45. The zero-order chi connectivity index (χ0) is 12.4. The molecule has 1 aromatic carbocycles. The number of hydrogen-bond donors (Lipinski definition) is 1. The Labute approximate surface area is 102 Å². The monoisotopic (exact) mass is 227 g/mol. The Balaban J connectivity index is 2.53. The average molecular weight is 227 g/mol. The number of aromatic nitrogens is 2. The summed E-state index contributed by atoms with van der Waals surface area (Å²) in [6.45, 7) is 6.04. The van der Waals surface area contributed by atoms with Gasteiger partial charge in [0.25, 0.3) is 0 Å². The molecule has 0 amide bonds. The largest absolute Gasteiger partial charge is 0.377 e. The number of allylic oxidation sites excluding steroid dienone is 1. The molecule has 1 N–H and O–H groups in total. The Bertz CT molecular complexity index is 524. The molecule has 2 rings (SSSR count). The highest BCUT2D eigenvalue weighted by atomic mass is 15.1. The van der Waals surface area contributed by atoms with Crippen LogP contribution in [0.1, 0.15) is 12.5 Å². The molecule has 0 aliphatic carbocycles. The molecule has 0 unspecified atom stereocenters. The zero-order valence-electron chi connectivity index (χ0n) is 10.5. The molecule has 0 spiro atoms. The number of hydrogen-bond acceptors (Lipinski definition) is 2. The molecular weight excluding hydrogens is 210 g/mol. The number of rotatable bonds is 3. The molecule has 1 aromatic heterocycles. The summed E-state index contributed by atoms with van der Waals surface area (Å²) in [4.78, 5) is 2.10. The van der Waals surface area contributed by atoms with Crippen LogP contribution in [0.15, 0.2) is 37.2 Å². The van der Waals surface area contributed by atoms with Crippen molar-refractivity contribution in [3.63, 3.8) is 0 Å². The van der Waals surface area contributed by atoms with E-state index in [0.29, 0.717) is 0 Å². The Morgan fingerprint density at radius 1 is 1.29 bits per heavy atom. The highest BCUT2D eigenvalue weighted by Crippen LogP contribution is 2.30. The van der Waals surface area contributed by atoms with Gasteiger partial charge in [-0.25, -0.2) is 0 Å². The number of H-pyrrole nitrogens is 1. The van der Waals surface area contributed by atoms with E-state index in [2.05, 4.69) is 39.9 Å². The van der Waals surface area contributed by atoms with Crippen molar-refractivity contribution in [3.8, 4) is 11.1 Å². The molecule has 0 bridgehead atoms. The van der Waals surface area contributed by atoms with Gasteiger partial charge in [0.15, 0.2) is 0 Å². The minimum absolute atomic E-state index is 1.08. The number of anilines is 1. The predicted octanol–water partition coefficient (Wildman–Crippen LogP) is 3.18. The van der Waals surface area contributed by atoms with Crippen molar-refractivity contribution < 1.29 is 0 Å². The fraction of sp³-hybridized carbons (Fsp3) is 0.214. The lowest BCUT2D eigenvalue weighted by Crippen LogP contribution is -2.10. The normalized spacial score (nSPS) is 10.3. The van der Waals surface area contributed by atoms with Crippen LogP contribution in [0.4, 0.5) is 5.69 Å². The van der Waals surface area contributed by atoms with Gasteiger partial charge in [-0.15, -0.1) is 0 Å². The first kappa shape index (κ1) is 11.5. The summed E-state index contributed by atoms with van der Waals surface area (Å²) in [5, 5.41) is 6.81. The molecule has 3 nitrogen and oxygen atoms in total. The number of benzene rings is 1. The van der Waals surface area contributed by atoms with Gasteiger partial charge >= 0.3 is 0 Å². The summed E-state index contributed by atoms with van der Waals surface area (Å²) in [7, 11) is 4.09. The average Bonchev–Trinajstić information content (AvgIpc) is 2.81. The summed E-state index contributed by atoms with van der Waals surface area (Å²) in [6.07, 6.45) is 3.73. The van der Waals surface area contributed by atoms with E-state index in [1.165, 1.54) is 11.3 Å². The molecule has 0 radical (unpaired) electrons. The van der Waals surface area contributed by atoms with Crippen LogP contribution in [0.2, 0.25) is 0 Å². The Morgan fingerprint density at radius 3 is 2.59 bits per heavy atom. The van der Waals surface area contributed by atoms with Crippen LogP contribution in [-0.4, -0.2) is 24.3 Å². The molecule has 0 saturated heterocycles. The Morgan fingerprint density at radius 2 is 2.06 bits per heavy atom. The number of nitrogens with one attached hydrogen (secondary N) is 1. The van der Waals surface area contributed by atoms with Gasteiger partial charge in [-0.05, 0) is 24.1 Å². The topological polar surface area (TPSA) is 31.9 Å². The molecule has 3 heteroatoms. The standard InChI is InChI=1S/C14H17N3/c1-10(2)13-6-5-11(7-14(13)17(3)4)12-8-15-16-9-12/h5-9H,1H2,2-4H3,(H,15,16). The summed E-state index contributed by atoms with van der Waals surface area (Å²) in [6, 6.07) is 6.37. The highest BCUT2D eigenvalue weighted by Gasteiger charge is 2.08. The van der Waals surface area contributed by atoms with Gasteiger partial charge in [-0.3, -0.25) is 5.10 Å². The van der Waals surface area contributed by atoms with Crippen LogP contribution >= 0.6 is 0 Å². The van der Waals surface area contributed by atoms with E-state index in [0.717, 1.165) is 16.7 Å². The van der Waals surface area contributed by atoms with Gasteiger partial charge in [0.2, 0.25) is 0 Å². The summed E-state index contributed by atoms with van der Waals surface area (Å²) >= 11 is 0. The van der Waals surface area contributed by atoms with Gasteiger partial charge < -0.3 is 4.90 Å². The second-order valence-electron chi connectivity index (χ2n) is 4.39. The third kappa shape index (κ3) is 2.23. The lowest BCUT2D eigenvalue weighted by molar-refractivity contribution is 1.09. The molecule has 0 atom stereocenters. The molecule has 0 aliphatic heterocycles. The van der Waals surface area contributed by atoms with Crippen LogP contribution in [0.5, 0.6) is 0 Å². The molecule has 1 heterocycles. The fourth-order valence-electron chi connectivity index (χ4n) is 1.85. The van der Waals surface area contributed by atoms with E-state index in [-0.39, 0.29) is 0 Å². The van der Waals surface area contributed by atoms with Crippen LogP contribution in [0.3, 0.4) is 0 Å². The smallest absolute Gasteiger partial charge is 0.0565 e. The van der Waals surface area contributed by atoms with Gasteiger partial charge in [0.05, 0.1) is 6.20 Å². The summed E-state index contributed by atoms with van der Waals surface area (Å²) in [5.74, 6) is 0. The van der Waals surface area contributed by atoms with E-state index in [9.17, 15) is 0 Å². The molecule has 2 aromatic rings. The van der Waals surface area contributed by atoms with Gasteiger partial charge in [-0.2, -0.15) is 5.10 Å². The second-order valence-corrected chi connectivity index (χ2v) is 4.39. The number of nitrogens with zero attached hydrogens (tertiary/aromatic N) is 2. The quantitative estimate of drug-likeness (QED) is 0.873. The Kier molecular flexibility index (Phi) is 3.00. The lowest BCUT2D eigenvalue weighted by atomic mass is 10.0. The van der Waals surface area contributed by atoms with E-state index in [1.54, 1.807) is 0 Å². The summed E-state index contributed by atoms with van der Waals surface area (Å²) < 4.78 is 0. The molecule has 0 fully saturated rings. The van der Waals surface area contributed by atoms with E-state index < -0.39 is 0 Å². The van der Waals surface area contributed by atoms with E-state index in [4.69, 9.17) is 0 Å². The van der Waals surface area contributed by atoms with Crippen molar-refractivity contribution in [2.75, 3.05) is 19.0 Å². The van der Waals surface area contributed by atoms with Crippen LogP contribution in [0.25, 0.3) is 16.7 Å². The Hall–Kier alpha value is -2.03. The summed E-state index contributed by atoms with van der Waals surface area (Å²) in [5.41, 5.74) is 5.69. The van der Waals surface area contributed by atoms with Crippen molar-refractivity contribution in [2.45, 2.75) is 6.92 Å². The van der Waals surface area contributed by atoms with E-state index >= 15 is 0 Å². The van der Waals surface area contributed by atoms with Gasteiger partial charge in [0, 0.05) is 37.1 Å².